The molecule has 0 aromatic heterocycles. The third-order valence-corrected chi connectivity index (χ3v) is 2.94. The Bertz CT molecular complexity index is 399. The molecule has 1 aromatic carbocycles. The van der Waals surface area contributed by atoms with Gasteiger partial charge in [-0.2, -0.15) is 0 Å². The van der Waals surface area contributed by atoms with Gasteiger partial charge in [0.25, 0.3) is 0 Å². The smallest absolute Gasteiger partial charge is 0.142 e. The van der Waals surface area contributed by atoms with Crippen LogP contribution in [0.3, 0.4) is 0 Å². The van der Waals surface area contributed by atoms with E-state index < -0.39 is 0 Å². The highest BCUT2D eigenvalue weighted by Gasteiger charge is 2.32. The molecule has 1 aromatic rings. The third kappa shape index (κ3) is 1.97. The second-order valence-corrected chi connectivity index (χ2v) is 5.23. The van der Waals surface area contributed by atoms with Crippen molar-refractivity contribution in [2.24, 2.45) is 5.73 Å². The molecule has 82 valence electrons. The Morgan fingerprint density at radius 3 is 2.73 bits per heavy atom. The number of fused-ring (bicyclic) bond motifs is 1. The average molecular weight is 226 g/mol. The summed E-state index contributed by atoms with van der Waals surface area (Å²) in [6, 6.07) is 4.00. The number of nitrogens with two attached hydrogens (primary N) is 1. The van der Waals surface area contributed by atoms with Crippen molar-refractivity contribution in [1.82, 2.24) is 0 Å². The van der Waals surface area contributed by atoms with Crippen LogP contribution in [-0.2, 0) is 6.42 Å². The number of ether oxygens (including phenoxy) is 1. The Hall–Kier alpha value is -0.730. The van der Waals surface area contributed by atoms with Crippen LogP contribution in [0.5, 0.6) is 5.75 Å². The summed E-state index contributed by atoms with van der Waals surface area (Å²) < 4.78 is 5.79. The molecule has 2 rings (SSSR count). The van der Waals surface area contributed by atoms with Crippen LogP contribution in [0.25, 0.3) is 0 Å². The predicted molar refractivity (Wildman–Crippen MR) is 62.5 cm³/mol. The molecule has 0 fully saturated rings. The van der Waals surface area contributed by atoms with E-state index in [1.165, 1.54) is 5.56 Å². The fourth-order valence-electron chi connectivity index (χ4n) is 1.95. The molecule has 0 spiro atoms. The summed E-state index contributed by atoms with van der Waals surface area (Å²) in [5.74, 6) is 0.825. The molecule has 0 radical (unpaired) electrons. The van der Waals surface area contributed by atoms with Crippen molar-refractivity contribution in [2.45, 2.75) is 38.8 Å². The lowest BCUT2D eigenvalue weighted by Crippen LogP contribution is -2.24. The molecule has 0 aliphatic carbocycles. The van der Waals surface area contributed by atoms with Crippen LogP contribution in [-0.4, -0.2) is 5.60 Å². The van der Waals surface area contributed by atoms with Crippen LogP contribution >= 0.6 is 11.6 Å². The first-order valence-corrected chi connectivity index (χ1v) is 5.54. The zero-order valence-corrected chi connectivity index (χ0v) is 10.1. The monoisotopic (exact) mass is 225 g/mol. The summed E-state index contributed by atoms with van der Waals surface area (Å²) >= 11 is 6.17. The zero-order valence-electron chi connectivity index (χ0n) is 9.30. The number of halogens is 1. The Kier molecular flexibility index (Phi) is 2.44. The van der Waals surface area contributed by atoms with Gasteiger partial charge in [0, 0.05) is 12.5 Å². The van der Waals surface area contributed by atoms with Crippen molar-refractivity contribution in [3.8, 4) is 5.75 Å². The molecule has 1 aliphatic rings. The summed E-state index contributed by atoms with van der Waals surface area (Å²) in [5, 5.41) is 0.672. The summed E-state index contributed by atoms with van der Waals surface area (Å²) in [6.07, 6.45) is 0.891. The molecule has 0 bridgehead atoms. The first-order chi connectivity index (χ1) is 6.89. The fourth-order valence-corrected chi connectivity index (χ4v) is 2.24. The second-order valence-electron chi connectivity index (χ2n) is 4.82. The van der Waals surface area contributed by atoms with E-state index in [0.717, 1.165) is 17.7 Å². The van der Waals surface area contributed by atoms with Crippen molar-refractivity contribution in [1.29, 1.82) is 0 Å². The summed E-state index contributed by atoms with van der Waals surface area (Å²) in [6.45, 7) is 6.09. The van der Waals surface area contributed by atoms with Gasteiger partial charge in [-0.1, -0.05) is 17.7 Å². The summed E-state index contributed by atoms with van der Waals surface area (Å²) in [4.78, 5) is 0. The van der Waals surface area contributed by atoms with Crippen molar-refractivity contribution < 1.29 is 4.74 Å². The SMILES string of the molecule is CC(N)c1cc(Cl)c2c(c1)CC(C)(C)O2. The van der Waals surface area contributed by atoms with Gasteiger partial charge in [-0.15, -0.1) is 0 Å². The van der Waals surface area contributed by atoms with Crippen molar-refractivity contribution in [3.63, 3.8) is 0 Å². The van der Waals surface area contributed by atoms with Gasteiger partial charge in [0.05, 0.1) is 5.02 Å². The van der Waals surface area contributed by atoms with Crippen LogP contribution in [0, 0.1) is 0 Å². The van der Waals surface area contributed by atoms with Crippen molar-refractivity contribution >= 4 is 11.6 Å². The van der Waals surface area contributed by atoms with Gasteiger partial charge in [-0.3, -0.25) is 0 Å². The van der Waals surface area contributed by atoms with Gasteiger partial charge in [-0.05, 0) is 38.0 Å². The van der Waals surface area contributed by atoms with Crippen LogP contribution in [0.15, 0.2) is 12.1 Å². The van der Waals surface area contributed by atoms with Gasteiger partial charge >= 0.3 is 0 Å². The molecule has 0 saturated heterocycles. The van der Waals surface area contributed by atoms with Crippen molar-refractivity contribution in [2.75, 3.05) is 0 Å². The zero-order chi connectivity index (χ0) is 11.2. The van der Waals surface area contributed by atoms with Crippen LogP contribution in [0.4, 0.5) is 0 Å². The van der Waals surface area contributed by atoms with Gasteiger partial charge < -0.3 is 10.5 Å². The minimum atomic E-state index is -0.150. The molecule has 2 nitrogen and oxygen atoms in total. The molecular formula is C12H16ClNO. The highest BCUT2D eigenvalue weighted by atomic mass is 35.5. The molecule has 0 amide bonds. The van der Waals surface area contributed by atoms with Crippen LogP contribution in [0.1, 0.15) is 37.9 Å². The number of benzene rings is 1. The topological polar surface area (TPSA) is 35.2 Å². The number of hydrogen-bond donors (Lipinski definition) is 1. The lowest BCUT2D eigenvalue weighted by Gasteiger charge is -2.17. The average Bonchev–Trinajstić information content (AvgIpc) is 2.39. The first kappa shape index (κ1) is 10.8. The normalized spacial score (nSPS) is 19.5. The van der Waals surface area contributed by atoms with Gasteiger partial charge in [-0.25, -0.2) is 0 Å². The largest absolute Gasteiger partial charge is 0.486 e. The van der Waals surface area contributed by atoms with E-state index in [-0.39, 0.29) is 11.6 Å². The minimum Gasteiger partial charge on any atom is -0.486 e. The molecule has 1 heterocycles. The molecule has 1 atom stereocenters. The van der Waals surface area contributed by atoms with E-state index in [4.69, 9.17) is 22.1 Å². The fraction of sp³-hybridized carbons (Fsp3) is 0.500. The lowest BCUT2D eigenvalue weighted by atomic mass is 9.98. The van der Waals surface area contributed by atoms with E-state index >= 15 is 0 Å². The Morgan fingerprint density at radius 1 is 1.47 bits per heavy atom. The van der Waals surface area contributed by atoms with Crippen molar-refractivity contribution in [3.05, 3.63) is 28.3 Å². The van der Waals surface area contributed by atoms with Crippen LogP contribution < -0.4 is 10.5 Å². The van der Waals surface area contributed by atoms with E-state index in [9.17, 15) is 0 Å². The molecule has 3 heteroatoms. The van der Waals surface area contributed by atoms with Gasteiger partial charge in [0.15, 0.2) is 0 Å². The molecule has 1 unspecified atom stereocenters. The Morgan fingerprint density at radius 2 is 2.13 bits per heavy atom. The maximum atomic E-state index is 6.17. The first-order valence-electron chi connectivity index (χ1n) is 5.16. The molecule has 1 aliphatic heterocycles. The van der Waals surface area contributed by atoms with Gasteiger partial charge in [0.1, 0.15) is 11.4 Å². The lowest BCUT2D eigenvalue weighted by molar-refractivity contribution is 0.138. The maximum absolute atomic E-state index is 6.17. The standard InChI is InChI=1S/C12H16ClNO/c1-7(14)8-4-9-6-12(2,3)15-11(9)10(13)5-8/h4-5,7H,6,14H2,1-3H3. The molecule has 2 N–H and O–H groups in total. The molecule has 15 heavy (non-hydrogen) atoms. The summed E-state index contributed by atoms with van der Waals surface area (Å²) in [5.41, 5.74) is 7.93. The Balaban J connectivity index is 2.47. The maximum Gasteiger partial charge on any atom is 0.142 e. The third-order valence-electron chi connectivity index (χ3n) is 2.66. The van der Waals surface area contributed by atoms with E-state index in [1.54, 1.807) is 0 Å². The molecule has 0 saturated carbocycles. The number of hydrogen-bond acceptors (Lipinski definition) is 2. The molecular weight excluding hydrogens is 210 g/mol. The van der Waals surface area contributed by atoms with Crippen LogP contribution in [0.2, 0.25) is 5.02 Å². The highest BCUT2D eigenvalue weighted by molar-refractivity contribution is 6.32. The van der Waals surface area contributed by atoms with Gasteiger partial charge in [0.2, 0.25) is 0 Å². The van der Waals surface area contributed by atoms with E-state index in [2.05, 4.69) is 19.9 Å². The quantitative estimate of drug-likeness (QED) is 0.797. The Labute approximate surface area is 95.4 Å². The summed E-state index contributed by atoms with van der Waals surface area (Å²) in [7, 11) is 0. The van der Waals surface area contributed by atoms with E-state index in [0.29, 0.717) is 5.02 Å². The predicted octanol–water partition coefficient (Wildman–Crippen LogP) is 3.07. The highest BCUT2D eigenvalue weighted by Crippen LogP contribution is 2.41. The van der Waals surface area contributed by atoms with E-state index in [1.807, 2.05) is 13.0 Å². The number of rotatable bonds is 1. The minimum absolute atomic E-state index is 0.0107. The second kappa shape index (κ2) is 3.39.